The third-order valence-electron chi connectivity index (χ3n) is 4.15. The smallest absolute Gasteiger partial charge is 0.317 e. The molecule has 0 bridgehead atoms. The lowest BCUT2D eigenvalue weighted by atomic mass is 10.0. The number of carbonyl (C=O) groups excluding carboxylic acids is 1. The number of sulfonamides is 1. The van der Waals surface area contributed by atoms with E-state index in [0.717, 1.165) is 5.56 Å². The highest BCUT2D eigenvalue weighted by molar-refractivity contribution is 7.89. The van der Waals surface area contributed by atoms with E-state index in [-0.39, 0.29) is 18.3 Å². The van der Waals surface area contributed by atoms with Crippen molar-refractivity contribution in [1.29, 1.82) is 0 Å². The van der Waals surface area contributed by atoms with Gasteiger partial charge in [-0.25, -0.2) is 17.5 Å². The lowest BCUT2D eigenvalue weighted by Crippen LogP contribution is -2.41. The highest BCUT2D eigenvalue weighted by Crippen LogP contribution is 2.15. The van der Waals surface area contributed by atoms with E-state index >= 15 is 0 Å². The Kier molecular flexibility index (Phi) is 8.38. The molecule has 6 nitrogen and oxygen atoms in total. The summed E-state index contributed by atoms with van der Waals surface area (Å²) in [5.74, 6) is 0.389. The molecule has 0 aliphatic carbocycles. The van der Waals surface area contributed by atoms with Crippen molar-refractivity contribution >= 4 is 16.1 Å². The monoisotopic (exact) mass is 369 g/mol. The van der Waals surface area contributed by atoms with E-state index in [0.29, 0.717) is 25.6 Å². The summed E-state index contributed by atoms with van der Waals surface area (Å²) in [6, 6.07) is 7.90. The van der Waals surface area contributed by atoms with Gasteiger partial charge in [0.1, 0.15) is 0 Å². The van der Waals surface area contributed by atoms with Gasteiger partial charge in [0, 0.05) is 33.2 Å². The summed E-state index contributed by atoms with van der Waals surface area (Å²) < 4.78 is 25.6. The summed E-state index contributed by atoms with van der Waals surface area (Å²) in [6.45, 7) is 9.36. The molecule has 0 saturated heterocycles. The van der Waals surface area contributed by atoms with Crippen molar-refractivity contribution in [2.24, 2.45) is 0 Å². The summed E-state index contributed by atoms with van der Waals surface area (Å²) in [4.78, 5) is 13.7. The second-order valence-electron chi connectivity index (χ2n) is 6.38. The molecule has 0 spiro atoms. The minimum Gasteiger partial charge on any atom is -0.337 e. The first-order valence-corrected chi connectivity index (χ1v) is 10.4. The third kappa shape index (κ3) is 6.66. The van der Waals surface area contributed by atoms with Crippen LogP contribution in [-0.2, 0) is 16.6 Å². The van der Waals surface area contributed by atoms with Crippen molar-refractivity contribution in [3.8, 4) is 0 Å². The molecule has 0 aromatic heterocycles. The number of hydrogen-bond acceptors (Lipinski definition) is 3. The van der Waals surface area contributed by atoms with Gasteiger partial charge in [0.25, 0.3) is 0 Å². The van der Waals surface area contributed by atoms with Crippen LogP contribution in [0.25, 0.3) is 0 Å². The van der Waals surface area contributed by atoms with Gasteiger partial charge in [-0.05, 0) is 17.0 Å². The van der Waals surface area contributed by atoms with Crippen LogP contribution in [0.1, 0.15) is 44.7 Å². The van der Waals surface area contributed by atoms with E-state index < -0.39 is 10.0 Å². The predicted molar refractivity (Wildman–Crippen MR) is 102 cm³/mol. The Balaban J connectivity index is 2.49. The molecule has 1 aromatic carbocycles. The Bertz CT molecular complexity index is 638. The fourth-order valence-electron chi connectivity index (χ4n) is 2.52. The third-order valence-corrected chi connectivity index (χ3v) is 6.17. The number of amides is 2. The normalized spacial score (nSPS) is 11.8. The molecule has 1 N–H and O–H groups in total. The SMILES string of the molecule is CCN(CC)S(=O)(=O)CCNC(=O)N(C)Cc1ccc(C(C)C)cc1. The zero-order chi connectivity index (χ0) is 19.0. The molecule has 0 heterocycles. The van der Waals surface area contributed by atoms with Gasteiger partial charge in [0.05, 0.1) is 5.75 Å². The molecular weight excluding hydrogens is 338 g/mol. The zero-order valence-corrected chi connectivity index (χ0v) is 16.8. The molecule has 0 aliphatic rings. The molecule has 0 aliphatic heterocycles. The maximum atomic E-state index is 12.1. The molecule has 7 heteroatoms. The maximum Gasteiger partial charge on any atom is 0.317 e. The summed E-state index contributed by atoms with van der Waals surface area (Å²) in [5.41, 5.74) is 2.30. The standard InChI is InChI=1S/C18H31N3O3S/c1-6-21(7-2)25(23,24)13-12-19-18(22)20(5)14-16-8-10-17(11-9-16)15(3)4/h8-11,15H,6-7,12-14H2,1-5H3,(H,19,22). The molecule has 0 radical (unpaired) electrons. The molecule has 1 rings (SSSR count). The first kappa shape index (κ1) is 21.4. The molecule has 0 fully saturated rings. The summed E-state index contributed by atoms with van der Waals surface area (Å²) in [5, 5.41) is 2.67. The quantitative estimate of drug-likeness (QED) is 0.727. The first-order valence-electron chi connectivity index (χ1n) is 8.76. The molecule has 142 valence electrons. The van der Waals surface area contributed by atoms with Gasteiger partial charge in [-0.3, -0.25) is 0 Å². The molecular formula is C18H31N3O3S. The van der Waals surface area contributed by atoms with Gasteiger partial charge in [-0.2, -0.15) is 0 Å². The van der Waals surface area contributed by atoms with Crippen molar-refractivity contribution in [2.45, 2.75) is 40.2 Å². The van der Waals surface area contributed by atoms with E-state index in [1.807, 2.05) is 12.1 Å². The summed E-state index contributed by atoms with van der Waals surface area (Å²) in [7, 11) is -1.62. The lowest BCUT2D eigenvalue weighted by Gasteiger charge is -2.20. The number of benzene rings is 1. The largest absolute Gasteiger partial charge is 0.337 e. The van der Waals surface area contributed by atoms with Crippen LogP contribution in [0.2, 0.25) is 0 Å². The maximum absolute atomic E-state index is 12.1. The Morgan fingerprint density at radius 3 is 2.16 bits per heavy atom. The Morgan fingerprint density at radius 2 is 1.68 bits per heavy atom. The van der Waals surface area contributed by atoms with Gasteiger partial charge in [-0.1, -0.05) is 52.0 Å². The van der Waals surface area contributed by atoms with Crippen LogP contribution in [0.5, 0.6) is 0 Å². The van der Waals surface area contributed by atoms with Gasteiger partial charge >= 0.3 is 6.03 Å². The minimum absolute atomic E-state index is 0.0860. The van der Waals surface area contributed by atoms with E-state index in [1.54, 1.807) is 25.8 Å². The molecule has 25 heavy (non-hydrogen) atoms. The van der Waals surface area contributed by atoms with Crippen molar-refractivity contribution in [2.75, 3.05) is 32.4 Å². The first-order chi connectivity index (χ1) is 11.7. The average molecular weight is 370 g/mol. The van der Waals surface area contributed by atoms with Crippen molar-refractivity contribution < 1.29 is 13.2 Å². The van der Waals surface area contributed by atoms with Gasteiger partial charge in [-0.15, -0.1) is 0 Å². The highest BCUT2D eigenvalue weighted by atomic mass is 32.2. The Morgan fingerprint density at radius 1 is 1.12 bits per heavy atom. The summed E-state index contributed by atoms with van der Waals surface area (Å²) >= 11 is 0. The van der Waals surface area contributed by atoms with Crippen LogP contribution >= 0.6 is 0 Å². The number of rotatable bonds is 9. The Labute approximate surface area is 152 Å². The zero-order valence-electron chi connectivity index (χ0n) is 15.9. The molecule has 1 aromatic rings. The van der Waals surface area contributed by atoms with Crippen LogP contribution in [0, 0.1) is 0 Å². The molecule has 0 unspecified atom stereocenters. The minimum atomic E-state index is -3.32. The van der Waals surface area contributed by atoms with Crippen LogP contribution in [-0.4, -0.2) is 56.1 Å². The fourth-order valence-corrected chi connectivity index (χ4v) is 3.93. The average Bonchev–Trinajstić information content (AvgIpc) is 2.55. The van der Waals surface area contributed by atoms with E-state index in [1.165, 1.54) is 9.87 Å². The summed E-state index contributed by atoms with van der Waals surface area (Å²) in [6.07, 6.45) is 0. The second kappa shape index (κ2) is 9.77. The number of urea groups is 1. The van der Waals surface area contributed by atoms with Crippen molar-refractivity contribution in [3.63, 3.8) is 0 Å². The predicted octanol–water partition coefficient (Wildman–Crippen LogP) is 2.62. The van der Waals surface area contributed by atoms with Gasteiger partial charge < -0.3 is 10.2 Å². The van der Waals surface area contributed by atoms with E-state index in [4.69, 9.17) is 0 Å². The van der Waals surface area contributed by atoms with E-state index in [9.17, 15) is 13.2 Å². The van der Waals surface area contributed by atoms with Crippen LogP contribution in [0.3, 0.4) is 0 Å². The van der Waals surface area contributed by atoms with Crippen LogP contribution < -0.4 is 5.32 Å². The Hall–Kier alpha value is -1.60. The molecule has 0 atom stereocenters. The fraction of sp³-hybridized carbons (Fsp3) is 0.611. The number of nitrogens with one attached hydrogen (secondary N) is 1. The number of nitrogens with zero attached hydrogens (tertiary/aromatic N) is 2. The van der Waals surface area contributed by atoms with Crippen LogP contribution in [0.4, 0.5) is 4.79 Å². The van der Waals surface area contributed by atoms with Gasteiger partial charge in [0.2, 0.25) is 10.0 Å². The highest BCUT2D eigenvalue weighted by Gasteiger charge is 2.19. The number of carbonyl (C=O) groups is 1. The number of hydrogen-bond donors (Lipinski definition) is 1. The van der Waals surface area contributed by atoms with E-state index in [2.05, 4.69) is 31.3 Å². The second-order valence-corrected chi connectivity index (χ2v) is 8.47. The van der Waals surface area contributed by atoms with Crippen molar-refractivity contribution in [3.05, 3.63) is 35.4 Å². The molecule has 0 saturated carbocycles. The molecule has 2 amide bonds. The van der Waals surface area contributed by atoms with Crippen LogP contribution in [0.15, 0.2) is 24.3 Å². The topological polar surface area (TPSA) is 69.7 Å². The lowest BCUT2D eigenvalue weighted by molar-refractivity contribution is 0.207. The van der Waals surface area contributed by atoms with Gasteiger partial charge in [0.15, 0.2) is 0 Å². The van der Waals surface area contributed by atoms with Crippen molar-refractivity contribution in [1.82, 2.24) is 14.5 Å².